The number of anilines is 2. The lowest BCUT2D eigenvalue weighted by molar-refractivity contribution is 0.103. The van der Waals surface area contributed by atoms with Crippen LogP contribution in [0.25, 0.3) is 0 Å². The second kappa shape index (κ2) is 7.43. The van der Waals surface area contributed by atoms with Gasteiger partial charge in [0.25, 0.3) is 5.91 Å². The summed E-state index contributed by atoms with van der Waals surface area (Å²) in [7, 11) is 0. The van der Waals surface area contributed by atoms with E-state index in [1.165, 1.54) is 17.5 Å². The summed E-state index contributed by atoms with van der Waals surface area (Å²) < 4.78 is 0. The van der Waals surface area contributed by atoms with Crippen molar-refractivity contribution in [3.05, 3.63) is 51.8 Å². The van der Waals surface area contributed by atoms with Gasteiger partial charge in [0, 0.05) is 6.08 Å². The molecule has 1 aromatic heterocycles. The van der Waals surface area contributed by atoms with Crippen molar-refractivity contribution in [2.75, 3.05) is 10.6 Å². The molecule has 0 radical (unpaired) electrons. The zero-order valence-corrected chi connectivity index (χ0v) is 15.8. The summed E-state index contributed by atoms with van der Waals surface area (Å²) in [5, 5.41) is 10.5. The quantitative estimate of drug-likeness (QED) is 0.724. The molecule has 1 amide bonds. The molecular weight excluding hydrogens is 381 g/mol. The molecule has 3 N–H and O–H groups in total. The van der Waals surface area contributed by atoms with Gasteiger partial charge in [0.05, 0.1) is 16.9 Å². The summed E-state index contributed by atoms with van der Waals surface area (Å²) >= 11 is 13.3. The van der Waals surface area contributed by atoms with Crippen LogP contribution in [0, 0.1) is 6.92 Å². The Hall–Kier alpha value is -2.09. The molecule has 0 saturated heterocycles. The van der Waals surface area contributed by atoms with Crippen LogP contribution in [0.2, 0.25) is 5.02 Å². The number of aromatic nitrogens is 1. The van der Waals surface area contributed by atoms with E-state index in [1.54, 1.807) is 12.1 Å². The van der Waals surface area contributed by atoms with Crippen LogP contribution < -0.4 is 16.0 Å². The third kappa shape index (κ3) is 4.31. The Kier molecular flexibility index (Phi) is 5.27. The lowest BCUT2D eigenvalue weighted by atomic mass is 10.2. The highest BCUT2D eigenvalue weighted by Crippen LogP contribution is 2.27. The van der Waals surface area contributed by atoms with Gasteiger partial charge in [0.15, 0.2) is 5.13 Å². The number of allylic oxidation sites excluding steroid dienone is 1. The van der Waals surface area contributed by atoms with Gasteiger partial charge in [-0.1, -0.05) is 46.7 Å². The van der Waals surface area contributed by atoms with E-state index in [0.717, 1.165) is 5.56 Å². The van der Waals surface area contributed by atoms with E-state index in [1.807, 2.05) is 26.0 Å². The molecule has 0 saturated carbocycles. The molecule has 0 bridgehead atoms. The van der Waals surface area contributed by atoms with Gasteiger partial charge < -0.3 is 16.0 Å². The topological polar surface area (TPSA) is 78.4 Å². The summed E-state index contributed by atoms with van der Waals surface area (Å²) in [6, 6.07) is 5.45. The number of thiazole rings is 1. The third-order valence-electron chi connectivity index (χ3n) is 3.38. The van der Waals surface area contributed by atoms with Crippen molar-refractivity contribution in [2.24, 2.45) is 4.99 Å². The van der Waals surface area contributed by atoms with Crippen LogP contribution in [0.3, 0.4) is 0 Å². The predicted molar refractivity (Wildman–Crippen MR) is 104 cm³/mol. The standard InChI is InChI=1S/C16H15Cl2N5OS/c1-8-4-3-5-10(17)14(8)23-15(24)11-7-19-16(25-11)22-13-6-12(18)20-9(2)21-13/h3-7,9,21H,1-2H3,(H,19,22)(H,23,24). The first-order valence-corrected chi connectivity index (χ1v) is 9.00. The normalized spacial score (nSPS) is 16.6. The number of nitrogens with one attached hydrogen (secondary N) is 3. The van der Waals surface area contributed by atoms with Crippen LogP contribution in [-0.2, 0) is 0 Å². The van der Waals surface area contributed by atoms with Gasteiger partial charge in [-0.25, -0.2) is 9.98 Å². The Morgan fingerprint density at radius 2 is 2.16 bits per heavy atom. The average Bonchev–Trinajstić information content (AvgIpc) is 2.98. The highest BCUT2D eigenvalue weighted by atomic mass is 35.5. The molecule has 0 fully saturated rings. The van der Waals surface area contributed by atoms with Crippen LogP contribution in [0.5, 0.6) is 0 Å². The Balaban J connectivity index is 1.71. The van der Waals surface area contributed by atoms with Gasteiger partial charge in [-0.3, -0.25) is 4.79 Å². The Morgan fingerprint density at radius 3 is 2.88 bits per heavy atom. The van der Waals surface area contributed by atoms with Crippen molar-refractivity contribution in [1.29, 1.82) is 0 Å². The number of benzene rings is 1. The van der Waals surface area contributed by atoms with E-state index in [4.69, 9.17) is 23.2 Å². The van der Waals surface area contributed by atoms with Gasteiger partial charge in [-0.05, 0) is 25.5 Å². The van der Waals surface area contributed by atoms with Gasteiger partial charge in [0.2, 0.25) is 0 Å². The minimum atomic E-state index is -0.264. The first kappa shape index (κ1) is 17.7. The van der Waals surface area contributed by atoms with Gasteiger partial charge in [0.1, 0.15) is 22.0 Å². The SMILES string of the molecule is Cc1cccc(Cl)c1NC(=O)c1cnc(NC2=CC(Cl)=NC(C)N2)s1. The lowest BCUT2D eigenvalue weighted by Gasteiger charge is -2.18. The number of para-hydroxylation sites is 1. The van der Waals surface area contributed by atoms with Crippen LogP contribution in [0.4, 0.5) is 10.8 Å². The van der Waals surface area contributed by atoms with Crippen molar-refractivity contribution in [3.8, 4) is 0 Å². The molecule has 1 aliphatic heterocycles. The number of amides is 1. The van der Waals surface area contributed by atoms with Crippen LogP contribution in [-0.4, -0.2) is 22.2 Å². The molecule has 1 aliphatic rings. The highest BCUT2D eigenvalue weighted by molar-refractivity contribution is 7.17. The highest BCUT2D eigenvalue weighted by Gasteiger charge is 2.16. The van der Waals surface area contributed by atoms with E-state index in [0.29, 0.717) is 31.7 Å². The Labute approximate surface area is 159 Å². The molecule has 2 aromatic rings. The number of halogens is 2. The molecule has 130 valence electrons. The Morgan fingerprint density at radius 1 is 1.36 bits per heavy atom. The van der Waals surface area contributed by atoms with Crippen molar-refractivity contribution in [2.45, 2.75) is 20.0 Å². The molecule has 0 aliphatic carbocycles. The summed E-state index contributed by atoms with van der Waals surface area (Å²) in [6.45, 7) is 3.76. The number of nitrogens with zero attached hydrogens (tertiary/aromatic N) is 2. The smallest absolute Gasteiger partial charge is 0.267 e. The second-order valence-electron chi connectivity index (χ2n) is 5.37. The summed E-state index contributed by atoms with van der Waals surface area (Å²) in [5.74, 6) is 0.413. The van der Waals surface area contributed by atoms with E-state index < -0.39 is 0 Å². The number of aryl methyl sites for hydroxylation is 1. The fourth-order valence-electron chi connectivity index (χ4n) is 2.23. The average molecular weight is 396 g/mol. The number of carbonyl (C=O) groups is 1. The first-order chi connectivity index (χ1) is 11.9. The molecule has 1 aromatic carbocycles. The van der Waals surface area contributed by atoms with Gasteiger partial charge in [-0.2, -0.15) is 0 Å². The van der Waals surface area contributed by atoms with Crippen molar-refractivity contribution >= 4 is 56.4 Å². The van der Waals surface area contributed by atoms with E-state index in [9.17, 15) is 4.79 Å². The largest absolute Gasteiger partial charge is 0.350 e. The number of hydrogen-bond acceptors (Lipinski definition) is 6. The summed E-state index contributed by atoms with van der Waals surface area (Å²) in [6.07, 6.45) is 3.04. The maximum absolute atomic E-state index is 12.4. The number of rotatable bonds is 4. The Bertz CT molecular complexity index is 857. The van der Waals surface area contributed by atoms with E-state index >= 15 is 0 Å². The fraction of sp³-hybridized carbons (Fsp3) is 0.188. The third-order valence-corrected chi connectivity index (χ3v) is 4.81. The molecule has 6 nitrogen and oxygen atoms in total. The second-order valence-corrected chi connectivity index (χ2v) is 7.20. The van der Waals surface area contributed by atoms with Crippen molar-refractivity contribution < 1.29 is 4.79 Å². The molecule has 1 atom stereocenters. The predicted octanol–water partition coefficient (Wildman–Crippen LogP) is 4.20. The molecule has 9 heteroatoms. The molecule has 0 spiro atoms. The van der Waals surface area contributed by atoms with Gasteiger partial charge in [-0.15, -0.1) is 0 Å². The minimum absolute atomic E-state index is 0.133. The number of carbonyl (C=O) groups excluding carboxylic acids is 1. The van der Waals surface area contributed by atoms with E-state index in [-0.39, 0.29) is 12.1 Å². The zero-order chi connectivity index (χ0) is 18.0. The molecule has 3 rings (SSSR count). The molecule has 1 unspecified atom stereocenters. The molecular formula is C16H15Cl2N5OS. The monoisotopic (exact) mass is 395 g/mol. The van der Waals surface area contributed by atoms with Crippen molar-refractivity contribution in [1.82, 2.24) is 10.3 Å². The molecule has 25 heavy (non-hydrogen) atoms. The fourth-order valence-corrected chi connectivity index (χ4v) is 3.48. The van der Waals surface area contributed by atoms with Crippen molar-refractivity contribution in [3.63, 3.8) is 0 Å². The number of aliphatic imine (C=N–C) groups is 1. The summed E-state index contributed by atoms with van der Waals surface area (Å²) in [4.78, 5) is 21.2. The van der Waals surface area contributed by atoms with Crippen LogP contribution >= 0.6 is 34.5 Å². The first-order valence-electron chi connectivity index (χ1n) is 7.43. The minimum Gasteiger partial charge on any atom is -0.350 e. The molecule has 2 heterocycles. The number of hydrogen-bond donors (Lipinski definition) is 3. The lowest BCUT2D eigenvalue weighted by Crippen LogP contribution is -2.31. The van der Waals surface area contributed by atoms with Gasteiger partial charge >= 0.3 is 0 Å². The van der Waals surface area contributed by atoms with E-state index in [2.05, 4.69) is 25.9 Å². The maximum atomic E-state index is 12.4. The van der Waals surface area contributed by atoms with Crippen LogP contribution in [0.1, 0.15) is 22.2 Å². The van der Waals surface area contributed by atoms with Crippen LogP contribution in [0.15, 0.2) is 41.3 Å². The summed E-state index contributed by atoms with van der Waals surface area (Å²) in [5.41, 5.74) is 1.49. The maximum Gasteiger partial charge on any atom is 0.267 e. The zero-order valence-electron chi connectivity index (χ0n) is 13.4.